The SMILES string of the molecule is Cc1ccc([N+](=O)[O-])c(S(=O)(=O)N[C@H](C)C(=O)O)c1C. The van der Waals surface area contributed by atoms with Crippen LogP contribution in [0.5, 0.6) is 0 Å². The van der Waals surface area contributed by atoms with Crippen LogP contribution >= 0.6 is 0 Å². The van der Waals surface area contributed by atoms with Gasteiger partial charge in [0.2, 0.25) is 10.0 Å². The molecule has 0 bridgehead atoms. The van der Waals surface area contributed by atoms with Gasteiger partial charge in [0.15, 0.2) is 4.90 Å². The number of sulfonamides is 1. The zero-order valence-corrected chi connectivity index (χ0v) is 11.9. The Kier molecular flexibility index (Phi) is 4.46. The van der Waals surface area contributed by atoms with Gasteiger partial charge in [-0.2, -0.15) is 4.72 Å². The van der Waals surface area contributed by atoms with Crippen LogP contribution in [-0.4, -0.2) is 30.5 Å². The largest absolute Gasteiger partial charge is 0.480 e. The molecule has 1 rings (SSSR count). The fraction of sp³-hybridized carbons (Fsp3) is 0.364. The molecule has 0 aliphatic rings. The van der Waals surface area contributed by atoms with E-state index < -0.39 is 37.5 Å². The molecule has 0 saturated carbocycles. The third-order valence-corrected chi connectivity index (χ3v) is 4.54. The predicted molar refractivity (Wildman–Crippen MR) is 70.0 cm³/mol. The fourth-order valence-corrected chi connectivity index (χ4v) is 3.27. The van der Waals surface area contributed by atoms with Crippen molar-refractivity contribution >= 4 is 21.7 Å². The van der Waals surface area contributed by atoms with Crippen molar-refractivity contribution in [3.05, 3.63) is 33.4 Å². The van der Waals surface area contributed by atoms with Gasteiger partial charge in [0.1, 0.15) is 6.04 Å². The molecule has 8 nitrogen and oxygen atoms in total. The van der Waals surface area contributed by atoms with Gasteiger partial charge in [-0.1, -0.05) is 6.07 Å². The van der Waals surface area contributed by atoms with Crippen LogP contribution in [0.4, 0.5) is 5.69 Å². The molecule has 0 aliphatic heterocycles. The first kappa shape index (κ1) is 16.1. The average molecular weight is 302 g/mol. The number of nitro groups is 1. The number of hydrogen-bond donors (Lipinski definition) is 2. The fourth-order valence-electron chi connectivity index (χ4n) is 1.60. The number of carboxylic acid groups (broad SMARTS) is 1. The highest BCUT2D eigenvalue weighted by Crippen LogP contribution is 2.29. The highest BCUT2D eigenvalue weighted by Gasteiger charge is 2.31. The van der Waals surface area contributed by atoms with E-state index in [1.54, 1.807) is 6.92 Å². The minimum atomic E-state index is -4.31. The summed E-state index contributed by atoms with van der Waals surface area (Å²) in [6.07, 6.45) is 0. The Hall–Kier alpha value is -2.00. The summed E-state index contributed by atoms with van der Waals surface area (Å²) < 4.78 is 26.2. The Balaban J connectivity index is 3.48. The van der Waals surface area contributed by atoms with E-state index in [9.17, 15) is 23.3 Å². The van der Waals surface area contributed by atoms with Crippen LogP contribution in [0, 0.1) is 24.0 Å². The summed E-state index contributed by atoms with van der Waals surface area (Å²) in [4.78, 5) is 20.3. The molecule has 1 aromatic carbocycles. The highest BCUT2D eigenvalue weighted by atomic mass is 32.2. The third-order valence-electron chi connectivity index (χ3n) is 2.82. The Bertz CT molecular complexity index is 668. The van der Waals surface area contributed by atoms with E-state index in [-0.39, 0.29) is 5.56 Å². The molecule has 0 amide bonds. The third kappa shape index (κ3) is 3.11. The van der Waals surface area contributed by atoms with Crippen molar-refractivity contribution in [3.63, 3.8) is 0 Å². The van der Waals surface area contributed by atoms with Crippen LogP contribution in [0.1, 0.15) is 18.1 Å². The Morgan fingerprint density at radius 3 is 2.40 bits per heavy atom. The lowest BCUT2D eigenvalue weighted by molar-refractivity contribution is -0.387. The van der Waals surface area contributed by atoms with Crippen LogP contribution in [-0.2, 0) is 14.8 Å². The number of nitrogens with one attached hydrogen (secondary N) is 1. The molecule has 0 fully saturated rings. The first-order valence-corrected chi connectivity index (χ1v) is 7.06. The molecule has 9 heteroatoms. The number of aryl methyl sites for hydroxylation is 1. The molecule has 0 aromatic heterocycles. The van der Waals surface area contributed by atoms with Crippen molar-refractivity contribution in [1.29, 1.82) is 0 Å². The monoisotopic (exact) mass is 302 g/mol. The summed E-state index contributed by atoms with van der Waals surface area (Å²) >= 11 is 0. The number of carboxylic acids is 1. The molecule has 2 N–H and O–H groups in total. The van der Waals surface area contributed by atoms with Crippen molar-refractivity contribution in [2.24, 2.45) is 0 Å². The average Bonchev–Trinajstić information content (AvgIpc) is 2.30. The van der Waals surface area contributed by atoms with Crippen LogP contribution in [0.3, 0.4) is 0 Å². The molecule has 110 valence electrons. The Labute approximate surface area is 115 Å². The van der Waals surface area contributed by atoms with E-state index >= 15 is 0 Å². The number of hydrogen-bond acceptors (Lipinski definition) is 5. The maximum absolute atomic E-state index is 12.2. The Morgan fingerprint density at radius 2 is 1.95 bits per heavy atom. The minimum Gasteiger partial charge on any atom is -0.480 e. The smallest absolute Gasteiger partial charge is 0.321 e. The number of nitrogens with zero attached hydrogens (tertiary/aromatic N) is 1. The first-order valence-electron chi connectivity index (χ1n) is 5.57. The summed E-state index contributed by atoms with van der Waals surface area (Å²) in [5.74, 6) is -1.37. The van der Waals surface area contributed by atoms with Crippen molar-refractivity contribution in [2.45, 2.75) is 31.7 Å². The minimum absolute atomic E-state index is 0.212. The Morgan fingerprint density at radius 1 is 1.40 bits per heavy atom. The molecular formula is C11H14N2O6S. The van der Waals surface area contributed by atoms with Gasteiger partial charge in [0.25, 0.3) is 5.69 Å². The number of carbonyl (C=O) groups is 1. The van der Waals surface area contributed by atoms with Crippen molar-refractivity contribution in [2.75, 3.05) is 0 Å². The standard InChI is InChI=1S/C11H14N2O6S/c1-6-4-5-9(13(16)17)10(7(6)2)20(18,19)12-8(3)11(14)15/h4-5,8,12H,1-3H3,(H,14,15)/t8-/m1/s1. The first-order chi connectivity index (χ1) is 9.08. The van der Waals surface area contributed by atoms with Crippen LogP contribution < -0.4 is 4.72 Å². The molecule has 0 spiro atoms. The molecule has 0 unspecified atom stereocenters. The van der Waals surface area contributed by atoms with Gasteiger partial charge in [0.05, 0.1) is 4.92 Å². The molecule has 20 heavy (non-hydrogen) atoms. The van der Waals surface area contributed by atoms with Crippen LogP contribution in [0.15, 0.2) is 17.0 Å². The lowest BCUT2D eigenvalue weighted by Gasteiger charge is -2.13. The van der Waals surface area contributed by atoms with Gasteiger partial charge in [-0.25, -0.2) is 8.42 Å². The zero-order valence-electron chi connectivity index (χ0n) is 11.1. The summed E-state index contributed by atoms with van der Waals surface area (Å²) in [5.41, 5.74) is 0.182. The second kappa shape index (κ2) is 5.55. The van der Waals surface area contributed by atoms with Gasteiger partial charge in [0, 0.05) is 6.07 Å². The van der Waals surface area contributed by atoms with E-state index in [1.807, 2.05) is 4.72 Å². The highest BCUT2D eigenvalue weighted by molar-refractivity contribution is 7.89. The van der Waals surface area contributed by atoms with E-state index in [0.29, 0.717) is 5.56 Å². The second-order valence-corrected chi connectivity index (χ2v) is 5.94. The van der Waals surface area contributed by atoms with Crippen molar-refractivity contribution in [1.82, 2.24) is 4.72 Å². The second-order valence-electron chi connectivity index (χ2n) is 4.29. The lowest BCUT2D eigenvalue weighted by Crippen LogP contribution is -2.38. The van der Waals surface area contributed by atoms with E-state index in [2.05, 4.69) is 0 Å². The van der Waals surface area contributed by atoms with E-state index in [0.717, 1.165) is 13.0 Å². The normalized spacial score (nSPS) is 12.9. The quantitative estimate of drug-likeness (QED) is 0.616. The number of rotatable bonds is 5. The van der Waals surface area contributed by atoms with E-state index in [4.69, 9.17) is 5.11 Å². The molecule has 0 saturated heterocycles. The summed E-state index contributed by atoms with van der Waals surface area (Å²) in [5, 5.41) is 19.7. The lowest BCUT2D eigenvalue weighted by atomic mass is 10.1. The molecule has 0 aliphatic carbocycles. The number of aliphatic carboxylic acids is 1. The number of benzene rings is 1. The van der Waals surface area contributed by atoms with Gasteiger partial charge in [-0.15, -0.1) is 0 Å². The van der Waals surface area contributed by atoms with Crippen LogP contribution in [0.25, 0.3) is 0 Å². The molecule has 0 heterocycles. The predicted octanol–water partition coefficient (Wildman–Crippen LogP) is 0.963. The van der Waals surface area contributed by atoms with Gasteiger partial charge >= 0.3 is 5.97 Å². The van der Waals surface area contributed by atoms with Gasteiger partial charge in [-0.05, 0) is 31.9 Å². The van der Waals surface area contributed by atoms with Crippen molar-refractivity contribution in [3.8, 4) is 0 Å². The van der Waals surface area contributed by atoms with Crippen molar-refractivity contribution < 1.29 is 23.2 Å². The van der Waals surface area contributed by atoms with Crippen LogP contribution in [0.2, 0.25) is 0 Å². The summed E-state index contributed by atoms with van der Waals surface area (Å²) in [6, 6.07) is 1.13. The maximum Gasteiger partial charge on any atom is 0.321 e. The topological polar surface area (TPSA) is 127 Å². The van der Waals surface area contributed by atoms with E-state index in [1.165, 1.54) is 13.0 Å². The summed E-state index contributed by atoms with van der Waals surface area (Å²) in [7, 11) is -4.31. The molecular weight excluding hydrogens is 288 g/mol. The zero-order chi connectivity index (χ0) is 15.7. The van der Waals surface area contributed by atoms with Gasteiger partial charge < -0.3 is 5.11 Å². The molecule has 0 radical (unpaired) electrons. The maximum atomic E-state index is 12.2. The molecule has 1 aromatic rings. The summed E-state index contributed by atoms with van der Waals surface area (Å²) in [6.45, 7) is 4.18. The van der Waals surface area contributed by atoms with Gasteiger partial charge in [-0.3, -0.25) is 14.9 Å². The molecule has 1 atom stereocenters. The number of nitro benzene ring substituents is 1.